The molecule has 1 aliphatic rings. The number of rotatable bonds is 3. The maximum atomic E-state index is 11.2. The molecule has 2 aromatic rings. The lowest BCUT2D eigenvalue weighted by Gasteiger charge is -2.38. The fourth-order valence-corrected chi connectivity index (χ4v) is 4.07. The van der Waals surface area contributed by atoms with E-state index in [9.17, 15) is 15.3 Å². The van der Waals surface area contributed by atoms with Crippen LogP contribution in [0.2, 0.25) is 19.6 Å². The zero-order valence-electron chi connectivity index (χ0n) is 12.6. The summed E-state index contributed by atoms with van der Waals surface area (Å²) in [6, 6.07) is 0. The van der Waals surface area contributed by atoms with E-state index >= 15 is 0 Å². The van der Waals surface area contributed by atoms with Gasteiger partial charge in [-0.3, -0.25) is 4.57 Å². The third kappa shape index (κ3) is 2.01. The fourth-order valence-electron chi connectivity index (χ4n) is 2.53. The summed E-state index contributed by atoms with van der Waals surface area (Å²) in [7, 11) is -2.14. The van der Waals surface area contributed by atoms with E-state index in [-0.39, 0.29) is 18.0 Å². The standard InChI is InChI=1S/C13H18N4O4Si/c1-22(2,3)13(20)4-8(5-18)21-12(13)17-7-16-9-10(17)14-6-15-11(9)19/h4,6-7,12,18,20H,5H2,1-3H3,(H,14,15,19)/t12-,13+/m1/s1. The molecule has 22 heavy (non-hydrogen) atoms. The van der Waals surface area contributed by atoms with E-state index < -0.39 is 19.5 Å². The Labute approximate surface area is 127 Å². The third-order valence-corrected chi connectivity index (χ3v) is 6.76. The lowest BCUT2D eigenvalue weighted by Crippen LogP contribution is -2.55. The van der Waals surface area contributed by atoms with E-state index in [0.717, 1.165) is 0 Å². The number of fused-ring (bicyclic) bond motifs is 1. The molecule has 118 valence electrons. The van der Waals surface area contributed by atoms with Gasteiger partial charge in [0.2, 0.25) is 12.1 Å². The number of aliphatic hydroxyl groups is 2. The van der Waals surface area contributed by atoms with Gasteiger partial charge in [-0.2, -0.15) is 4.98 Å². The molecular formula is C13H18N4O4Si. The van der Waals surface area contributed by atoms with Gasteiger partial charge in [0.1, 0.15) is 30.2 Å². The van der Waals surface area contributed by atoms with Crippen LogP contribution in [-0.2, 0) is 4.74 Å². The van der Waals surface area contributed by atoms with Crippen molar-refractivity contribution in [2.24, 2.45) is 0 Å². The molecule has 2 atom stereocenters. The van der Waals surface area contributed by atoms with Gasteiger partial charge in [-0.05, 0) is 6.08 Å². The molecule has 2 aromatic heterocycles. The lowest BCUT2D eigenvalue weighted by molar-refractivity contribution is -0.0324. The molecule has 0 radical (unpaired) electrons. The number of nitrogens with zero attached hydrogens (tertiary/aromatic N) is 4. The van der Waals surface area contributed by atoms with Crippen molar-refractivity contribution in [3.05, 3.63) is 24.5 Å². The van der Waals surface area contributed by atoms with Gasteiger partial charge in [-0.25, -0.2) is 9.97 Å². The highest BCUT2D eigenvalue weighted by molar-refractivity contribution is 6.79. The van der Waals surface area contributed by atoms with Crippen LogP contribution < -0.4 is 0 Å². The van der Waals surface area contributed by atoms with E-state index in [1.54, 1.807) is 10.6 Å². The molecule has 0 saturated carbocycles. The Hall–Kier alpha value is -1.97. The van der Waals surface area contributed by atoms with E-state index in [1.807, 2.05) is 19.6 Å². The molecule has 0 unspecified atom stereocenters. The Balaban J connectivity index is 2.16. The number of aliphatic hydroxyl groups excluding tert-OH is 1. The van der Waals surface area contributed by atoms with Crippen LogP contribution in [-0.4, -0.2) is 54.7 Å². The van der Waals surface area contributed by atoms with Crippen LogP contribution in [0.15, 0.2) is 24.5 Å². The Kier molecular flexibility index (Phi) is 3.24. The van der Waals surface area contributed by atoms with E-state index in [4.69, 9.17) is 4.74 Å². The highest BCUT2D eigenvalue weighted by Crippen LogP contribution is 2.42. The van der Waals surface area contributed by atoms with Crippen molar-refractivity contribution >= 4 is 19.2 Å². The van der Waals surface area contributed by atoms with Crippen LogP contribution in [0.3, 0.4) is 0 Å². The van der Waals surface area contributed by atoms with Crippen LogP contribution in [0.25, 0.3) is 11.2 Å². The fraction of sp³-hybridized carbons (Fsp3) is 0.462. The van der Waals surface area contributed by atoms with Gasteiger partial charge in [0.25, 0.3) is 0 Å². The Morgan fingerprint density at radius 3 is 2.68 bits per heavy atom. The molecule has 9 heteroatoms. The first-order chi connectivity index (χ1) is 10.3. The Bertz CT molecular complexity index is 754. The number of aromatic nitrogens is 4. The Morgan fingerprint density at radius 2 is 2.05 bits per heavy atom. The average molecular weight is 322 g/mol. The van der Waals surface area contributed by atoms with Gasteiger partial charge in [-0.15, -0.1) is 0 Å². The molecule has 0 aromatic carbocycles. The summed E-state index contributed by atoms with van der Waals surface area (Å²) in [4.78, 5) is 11.9. The second-order valence-corrected chi connectivity index (χ2v) is 11.6. The van der Waals surface area contributed by atoms with Crippen LogP contribution in [0.5, 0.6) is 5.88 Å². The second-order valence-electron chi connectivity index (χ2n) is 6.34. The van der Waals surface area contributed by atoms with Gasteiger partial charge in [-0.1, -0.05) is 19.6 Å². The molecule has 8 nitrogen and oxygen atoms in total. The topological polar surface area (TPSA) is 114 Å². The zero-order valence-corrected chi connectivity index (χ0v) is 13.6. The van der Waals surface area contributed by atoms with Crippen LogP contribution >= 0.6 is 0 Å². The van der Waals surface area contributed by atoms with Gasteiger partial charge >= 0.3 is 0 Å². The quantitative estimate of drug-likeness (QED) is 0.707. The molecule has 0 saturated heterocycles. The van der Waals surface area contributed by atoms with Gasteiger partial charge in [0.05, 0.1) is 8.07 Å². The third-order valence-electron chi connectivity index (χ3n) is 3.97. The van der Waals surface area contributed by atoms with Crippen molar-refractivity contribution in [2.75, 3.05) is 6.61 Å². The minimum absolute atomic E-state index is 0.228. The summed E-state index contributed by atoms with van der Waals surface area (Å²) in [5.41, 5.74) is 0.600. The van der Waals surface area contributed by atoms with E-state index in [1.165, 1.54) is 12.7 Å². The minimum Gasteiger partial charge on any atom is -0.492 e. The molecule has 0 fully saturated rings. The maximum Gasteiger partial charge on any atom is 0.242 e. The summed E-state index contributed by atoms with van der Waals surface area (Å²) in [5, 5.41) is 29.0. The molecule has 3 heterocycles. The molecule has 3 N–H and O–H groups in total. The second kappa shape index (κ2) is 4.76. The molecule has 1 aliphatic heterocycles. The average Bonchev–Trinajstić information content (AvgIpc) is 3.00. The largest absolute Gasteiger partial charge is 0.492 e. The summed E-state index contributed by atoms with van der Waals surface area (Å²) in [6.07, 6.45) is 3.46. The van der Waals surface area contributed by atoms with Crippen molar-refractivity contribution in [2.45, 2.75) is 31.1 Å². The number of aromatic hydroxyl groups is 1. The van der Waals surface area contributed by atoms with Crippen molar-refractivity contribution in [1.82, 2.24) is 19.5 Å². The van der Waals surface area contributed by atoms with E-state index in [0.29, 0.717) is 11.4 Å². The molecular weight excluding hydrogens is 304 g/mol. The normalized spacial score (nSPS) is 25.3. The monoisotopic (exact) mass is 322 g/mol. The number of imidazole rings is 1. The Morgan fingerprint density at radius 1 is 1.32 bits per heavy atom. The summed E-state index contributed by atoms with van der Waals surface area (Å²) < 4.78 is 7.29. The summed E-state index contributed by atoms with van der Waals surface area (Å²) in [5.74, 6) is 0.0867. The summed E-state index contributed by atoms with van der Waals surface area (Å²) in [6.45, 7) is 5.72. The first-order valence-electron chi connectivity index (χ1n) is 6.86. The van der Waals surface area contributed by atoms with Crippen LogP contribution in [0.1, 0.15) is 6.23 Å². The van der Waals surface area contributed by atoms with Crippen LogP contribution in [0.4, 0.5) is 0 Å². The molecule has 0 amide bonds. The van der Waals surface area contributed by atoms with Gasteiger partial charge < -0.3 is 20.1 Å². The predicted octanol–water partition coefficient (Wildman–Crippen LogP) is 0.545. The lowest BCUT2D eigenvalue weighted by atomic mass is 10.3. The number of ether oxygens (including phenoxy) is 1. The van der Waals surface area contributed by atoms with Crippen molar-refractivity contribution < 1.29 is 20.1 Å². The highest BCUT2D eigenvalue weighted by atomic mass is 28.3. The smallest absolute Gasteiger partial charge is 0.242 e. The number of hydrogen-bond donors (Lipinski definition) is 3. The number of hydrogen-bond acceptors (Lipinski definition) is 7. The first kappa shape index (κ1) is 14.9. The zero-order chi connectivity index (χ0) is 16.1. The van der Waals surface area contributed by atoms with Crippen molar-refractivity contribution in [1.29, 1.82) is 0 Å². The molecule has 0 aliphatic carbocycles. The van der Waals surface area contributed by atoms with Gasteiger partial charge in [0.15, 0.2) is 11.2 Å². The summed E-state index contributed by atoms with van der Waals surface area (Å²) >= 11 is 0. The minimum atomic E-state index is -2.14. The predicted molar refractivity (Wildman–Crippen MR) is 80.6 cm³/mol. The van der Waals surface area contributed by atoms with Gasteiger partial charge in [0, 0.05) is 0 Å². The maximum absolute atomic E-state index is 11.2. The molecule has 3 rings (SSSR count). The van der Waals surface area contributed by atoms with E-state index in [2.05, 4.69) is 15.0 Å². The SMILES string of the molecule is C[Si](C)(C)[C@@]1(O)C=C(CO)O[C@H]1n1cnc2c(O)ncnc21. The molecule has 0 bridgehead atoms. The highest BCUT2D eigenvalue weighted by Gasteiger charge is 2.53. The van der Waals surface area contributed by atoms with Crippen molar-refractivity contribution in [3.63, 3.8) is 0 Å². The molecule has 0 spiro atoms. The van der Waals surface area contributed by atoms with Crippen LogP contribution in [0, 0.1) is 0 Å². The first-order valence-corrected chi connectivity index (χ1v) is 10.4. The van der Waals surface area contributed by atoms with Crippen molar-refractivity contribution in [3.8, 4) is 5.88 Å².